The number of carbonyl (C=O) groups excluding carboxylic acids is 1. The van der Waals surface area contributed by atoms with Crippen LogP contribution in [0, 0.1) is 0 Å². The quantitative estimate of drug-likeness (QED) is 0.910. The fraction of sp³-hybridized carbons (Fsp3) is 0.550. The maximum atomic E-state index is 13.3. The minimum Gasteiger partial charge on any atom is -0.383 e. The lowest BCUT2D eigenvalue weighted by molar-refractivity contribution is -0.148. The second-order valence-corrected chi connectivity index (χ2v) is 7.30. The molecule has 4 rings (SSSR count). The number of methoxy groups -OCH3 is 1. The number of aromatic amines is 1. The van der Waals surface area contributed by atoms with Crippen molar-refractivity contribution in [2.24, 2.45) is 0 Å². The lowest BCUT2D eigenvalue weighted by atomic mass is 9.85. The fourth-order valence-electron chi connectivity index (χ4n) is 4.66. The van der Waals surface area contributed by atoms with Crippen molar-refractivity contribution in [2.75, 3.05) is 33.4 Å². The average Bonchev–Trinajstić information content (AvgIpc) is 3.25. The Hall–Kier alpha value is -1.85. The predicted molar refractivity (Wildman–Crippen MR) is 98.4 cm³/mol. The molecule has 5 heteroatoms. The molecule has 1 N–H and O–H groups in total. The first-order chi connectivity index (χ1) is 12.2. The first-order valence-electron chi connectivity index (χ1n) is 9.33. The summed E-state index contributed by atoms with van der Waals surface area (Å²) in [5.74, 6) is 0.312. The molecular formula is C20H27N3O2. The maximum absolute atomic E-state index is 13.3. The Morgan fingerprint density at radius 3 is 2.88 bits per heavy atom. The Kier molecular flexibility index (Phi) is 4.52. The smallest absolute Gasteiger partial charge is 0.243 e. The molecule has 1 atom stereocenters. The molecule has 5 nitrogen and oxygen atoms in total. The van der Waals surface area contributed by atoms with Crippen LogP contribution in [-0.4, -0.2) is 59.6 Å². The number of piperidine rings is 1. The Balaban J connectivity index is 1.59. The normalized spacial score (nSPS) is 24.7. The highest BCUT2D eigenvalue weighted by Crippen LogP contribution is 2.39. The second-order valence-electron chi connectivity index (χ2n) is 7.30. The third kappa shape index (κ3) is 2.85. The molecule has 0 aliphatic carbocycles. The summed E-state index contributed by atoms with van der Waals surface area (Å²) in [5, 5.41) is 1.24. The van der Waals surface area contributed by atoms with Crippen molar-refractivity contribution < 1.29 is 9.53 Å². The summed E-state index contributed by atoms with van der Waals surface area (Å²) in [6.07, 6.45) is 6.14. The van der Waals surface area contributed by atoms with Gasteiger partial charge < -0.3 is 14.6 Å². The number of H-pyrrole nitrogens is 1. The van der Waals surface area contributed by atoms with Gasteiger partial charge in [0.05, 0.1) is 6.61 Å². The lowest BCUT2D eigenvalue weighted by Crippen LogP contribution is -2.60. The molecule has 3 heterocycles. The Bertz CT molecular complexity index is 756. The molecule has 25 heavy (non-hydrogen) atoms. The number of hydrogen-bond donors (Lipinski definition) is 1. The van der Waals surface area contributed by atoms with Crippen LogP contribution in [0.3, 0.4) is 0 Å². The van der Waals surface area contributed by atoms with Gasteiger partial charge in [-0.3, -0.25) is 9.69 Å². The first kappa shape index (κ1) is 16.6. The van der Waals surface area contributed by atoms with Crippen LogP contribution >= 0.6 is 0 Å². The minimum atomic E-state index is -0.305. The highest BCUT2D eigenvalue weighted by atomic mass is 16.5. The molecule has 134 valence electrons. The van der Waals surface area contributed by atoms with Gasteiger partial charge in [-0.15, -0.1) is 0 Å². The molecule has 1 aromatic heterocycles. The van der Waals surface area contributed by atoms with E-state index in [1.54, 1.807) is 7.11 Å². The van der Waals surface area contributed by atoms with Gasteiger partial charge in [-0.2, -0.15) is 0 Å². The zero-order valence-electron chi connectivity index (χ0n) is 15.0. The molecule has 2 aliphatic heterocycles. The van der Waals surface area contributed by atoms with Crippen molar-refractivity contribution in [3.63, 3.8) is 0 Å². The van der Waals surface area contributed by atoms with Gasteiger partial charge >= 0.3 is 0 Å². The number of para-hydroxylation sites is 1. The summed E-state index contributed by atoms with van der Waals surface area (Å²) < 4.78 is 5.19. The molecule has 1 spiro atoms. The second kappa shape index (κ2) is 6.81. The van der Waals surface area contributed by atoms with Gasteiger partial charge in [0, 0.05) is 38.5 Å². The maximum Gasteiger partial charge on any atom is 0.243 e. The van der Waals surface area contributed by atoms with Crippen LogP contribution in [0.4, 0.5) is 0 Å². The molecule has 0 saturated carbocycles. The third-order valence-corrected chi connectivity index (χ3v) is 5.93. The number of nitrogens with zero attached hydrogens (tertiary/aromatic N) is 2. The van der Waals surface area contributed by atoms with Crippen molar-refractivity contribution in [1.29, 1.82) is 0 Å². The number of amides is 1. The first-order valence-corrected chi connectivity index (χ1v) is 9.33. The van der Waals surface area contributed by atoms with Crippen molar-refractivity contribution in [1.82, 2.24) is 14.8 Å². The number of hydrogen-bond acceptors (Lipinski definition) is 3. The van der Waals surface area contributed by atoms with E-state index in [9.17, 15) is 4.79 Å². The number of nitrogens with one attached hydrogen (secondary N) is 1. The van der Waals surface area contributed by atoms with E-state index in [-0.39, 0.29) is 5.54 Å². The van der Waals surface area contributed by atoms with E-state index in [4.69, 9.17) is 4.74 Å². The SMILES string of the molecule is COCCN1CCCC2(CCCN2Cc2cccc3cc[nH]c23)C1=O. The van der Waals surface area contributed by atoms with E-state index in [2.05, 4.69) is 34.1 Å². The number of likely N-dealkylation sites (tertiary alicyclic amines) is 2. The van der Waals surface area contributed by atoms with Crippen LogP contribution < -0.4 is 0 Å². The van der Waals surface area contributed by atoms with Crippen LogP contribution in [0.15, 0.2) is 30.5 Å². The monoisotopic (exact) mass is 341 g/mol. The molecule has 2 fully saturated rings. The van der Waals surface area contributed by atoms with Crippen molar-refractivity contribution in [3.8, 4) is 0 Å². The van der Waals surface area contributed by atoms with Gasteiger partial charge in [0.25, 0.3) is 0 Å². The summed E-state index contributed by atoms with van der Waals surface area (Å²) in [5.41, 5.74) is 2.18. The van der Waals surface area contributed by atoms with E-state index >= 15 is 0 Å². The number of benzene rings is 1. The molecule has 1 unspecified atom stereocenters. The zero-order chi connectivity index (χ0) is 17.3. The summed E-state index contributed by atoms with van der Waals surface area (Å²) >= 11 is 0. The van der Waals surface area contributed by atoms with Crippen molar-refractivity contribution in [3.05, 3.63) is 36.0 Å². The standard InChI is InChI=1S/C20H27N3O2/c1-25-14-13-22-11-3-8-20(19(22)24)9-4-12-23(20)15-17-6-2-5-16-7-10-21-18(16)17/h2,5-7,10,21H,3-4,8-9,11-15H2,1H3. The van der Waals surface area contributed by atoms with Gasteiger partial charge in [-0.25, -0.2) is 0 Å². The van der Waals surface area contributed by atoms with Gasteiger partial charge in [0.2, 0.25) is 5.91 Å². The Morgan fingerprint density at radius 2 is 2.04 bits per heavy atom. The Morgan fingerprint density at radius 1 is 1.20 bits per heavy atom. The highest BCUT2D eigenvalue weighted by molar-refractivity contribution is 5.88. The Labute approximate surface area is 148 Å². The largest absolute Gasteiger partial charge is 0.383 e. The summed E-state index contributed by atoms with van der Waals surface area (Å²) in [4.78, 5) is 21.1. The molecule has 0 bridgehead atoms. The van der Waals surface area contributed by atoms with Gasteiger partial charge in [0.15, 0.2) is 0 Å². The van der Waals surface area contributed by atoms with Crippen LogP contribution in [0.25, 0.3) is 10.9 Å². The zero-order valence-corrected chi connectivity index (χ0v) is 15.0. The third-order valence-electron chi connectivity index (χ3n) is 5.93. The number of rotatable bonds is 5. The van der Waals surface area contributed by atoms with Crippen LogP contribution in [0.5, 0.6) is 0 Å². The van der Waals surface area contributed by atoms with Crippen LogP contribution in [0.1, 0.15) is 31.2 Å². The number of aromatic nitrogens is 1. The van der Waals surface area contributed by atoms with E-state index in [1.807, 2.05) is 11.1 Å². The molecule has 1 amide bonds. The molecule has 2 aliphatic rings. The topological polar surface area (TPSA) is 48.6 Å². The van der Waals surface area contributed by atoms with Gasteiger partial charge in [0.1, 0.15) is 5.54 Å². The molecule has 1 aromatic carbocycles. The fourth-order valence-corrected chi connectivity index (χ4v) is 4.66. The van der Waals surface area contributed by atoms with Crippen molar-refractivity contribution >= 4 is 16.8 Å². The number of carbonyl (C=O) groups is 1. The van der Waals surface area contributed by atoms with Crippen LogP contribution in [-0.2, 0) is 16.1 Å². The molecule has 2 aromatic rings. The highest BCUT2D eigenvalue weighted by Gasteiger charge is 2.50. The van der Waals surface area contributed by atoms with Gasteiger partial charge in [-0.1, -0.05) is 18.2 Å². The summed E-state index contributed by atoms with van der Waals surface area (Å²) in [6.45, 7) is 4.02. The van der Waals surface area contributed by atoms with E-state index < -0.39 is 0 Å². The molecular weight excluding hydrogens is 314 g/mol. The van der Waals surface area contributed by atoms with Crippen molar-refractivity contribution in [2.45, 2.75) is 37.8 Å². The van der Waals surface area contributed by atoms with Gasteiger partial charge in [-0.05, 0) is 49.2 Å². The summed E-state index contributed by atoms with van der Waals surface area (Å²) in [7, 11) is 1.70. The summed E-state index contributed by atoms with van der Waals surface area (Å²) in [6, 6.07) is 8.53. The van der Waals surface area contributed by atoms with E-state index in [0.717, 1.165) is 45.3 Å². The lowest BCUT2D eigenvalue weighted by Gasteiger charge is -2.44. The average molecular weight is 341 g/mol. The van der Waals surface area contributed by atoms with E-state index in [0.29, 0.717) is 19.1 Å². The molecule has 0 radical (unpaired) electrons. The predicted octanol–water partition coefficient (Wildman–Crippen LogP) is 2.77. The number of ether oxygens (including phenoxy) is 1. The molecule has 2 saturated heterocycles. The minimum absolute atomic E-state index is 0.305. The van der Waals surface area contributed by atoms with E-state index in [1.165, 1.54) is 16.5 Å². The van der Waals surface area contributed by atoms with Crippen LogP contribution in [0.2, 0.25) is 0 Å². The number of fused-ring (bicyclic) bond motifs is 1.